The molecular formula is C14H19BrO3. The first kappa shape index (κ1) is 15.0. The quantitative estimate of drug-likeness (QED) is 0.891. The van der Waals surface area contributed by atoms with E-state index in [1.54, 1.807) is 0 Å². The Morgan fingerprint density at radius 3 is 2.28 bits per heavy atom. The number of hydrogen-bond acceptors (Lipinski definition) is 2. The zero-order chi connectivity index (χ0) is 13.9. The largest absolute Gasteiger partial charge is 0.478 e. The zero-order valence-electron chi connectivity index (χ0n) is 11.1. The number of carboxylic acid groups (broad SMARTS) is 1. The van der Waals surface area contributed by atoms with E-state index >= 15 is 0 Å². The minimum Gasteiger partial charge on any atom is -0.478 e. The molecule has 1 aromatic rings. The van der Waals surface area contributed by atoms with Crippen LogP contribution in [0.1, 0.15) is 39.2 Å². The topological polar surface area (TPSA) is 46.5 Å². The highest BCUT2D eigenvalue weighted by Gasteiger charge is 2.24. The lowest BCUT2D eigenvalue weighted by atomic mass is 10.0. The molecule has 1 rings (SSSR count). The van der Waals surface area contributed by atoms with E-state index in [2.05, 4.69) is 29.8 Å². The second kappa shape index (κ2) is 6.23. The minimum absolute atomic E-state index is 0.0841. The maximum atomic E-state index is 11.1. The highest BCUT2D eigenvalue weighted by molar-refractivity contribution is 9.10. The standard InChI is InChI=1S/C14H19BrO3/c1-8(2)10-5-6-12(11(15)7-10)18-13(9(3)4)14(16)17/h5-9,13H,1-4H3,(H,16,17)/t13-/m0/s1. The highest BCUT2D eigenvalue weighted by atomic mass is 79.9. The molecule has 0 aliphatic carbocycles. The van der Waals surface area contributed by atoms with Gasteiger partial charge in [-0.05, 0) is 39.5 Å². The average Bonchev–Trinajstić information content (AvgIpc) is 2.25. The number of aliphatic carboxylic acids is 1. The Balaban J connectivity index is 2.94. The molecule has 0 saturated carbocycles. The fourth-order valence-electron chi connectivity index (χ4n) is 1.58. The van der Waals surface area contributed by atoms with Crippen molar-refractivity contribution in [3.63, 3.8) is 0 Å². The van der Waals surface area contributed by atoms with Crippen molar-refractivity contribution in [1.29, 1.82) is 0 Å². The second-order valence-corrected chi connectivity index (χ2v) is 5.82. The van der Waals surface area contributed by atoms with Crippen molar-refractivity contribution >= 4 is 21.9 Å². The number of ether oxygens (including phenoxy) is 1. The summed E-state index contributed by atoms with van der Waals surface area (Å²) in [5, 5.41) is 9.10. The van der Waals surface area contributed by atoms with Gasteiger partial charge in [-0.3, -0.25) is 0 Å². The molecule has 0 aromatic heterocycles. The first-order chi connectivity index (χ1) is 8.32. The smallest absolute Gasteiger partial charge is 0.345 e. The normalized spacial score (nSPS) is 12.8. The van der Waals surface area contributed by atoms with Crippen molar-refractivity contribution in [2.24, 2.45) is 5.92 Å². The Hall–Kier alpha value is -1.03. The number of hydrogen-bond donors (Lipinski definition) is 1. The van der Waals surface area contributed by atoms with E-state index in [9.17, 15) is 4.79 Å². The third-order valence-corrected chi connectivity index (χ3v) is 3.35. The van der Waals surface area contributed by atoms with Crippen molar-refractivity contribution in [3.8, 4) is 5.75 Å². The van der Waals surface area contributed by atoms with Gasteiger partial charge in [0.05, 0.1) is 4.47 Å². The van der Waals surface area contributed by atoms with Gasteiger partial charge in [0.2, 0.25) is 0 Å². The summed E-state index contributed by atoms with van der Waals surface area (Å²) in [6.07, 6.45) is -0.828. The van der Waals surface area contributed by atoms with E-state index in [0.717, 1.165) is 4.47 Å². The van der Waals surface area contributed by atoms with E-state index in [4.69, 9.17) is 9.84 Å². The van der Waals surface area contributed by atoms with Crippen molar-refractivity contribution in [2.75, 3.05) is 0 Å². The van der Waals surface area contributed by atoms with Gasteiger partial charge in [0.25, 0.3) is 0 Å². The van der Waals surface area contributed by atoms with Gasteiger partial charge in [0.1, 0.15) is 5.75 Å². The second-order valence-electron chi connectivity index (χ2n) is 4.97. The number of carboxylic acids is 1. The SMILES string of the molecule is CC(C)c1ccc(O[C@H](C(=O)O)C(C)C)c(Br)c1. The molecule has 0 saturated heterocycles. The van der Waals surface area contributed by atoms with Gasteiger partial charge in [-0.1, -0.05) is 33.8 Å². The van der Waals surface area contributed by atoms with Crippen LogP contribution < -0.4 is 4.74 Å². The lowest BCUT2D eigenvalue weighted by Crippen LogP contribution is -2.32. The van der Waals surface area contributed by atoms with Crippen LogP contribution >= 0.6 is 15.9 Å². The van der Waals surface area contributed by atoms with E-state index in [-0.39, 0.29) is 5.92 Å². The molecule has 1 N–H and O–H groups in total. The molecule has 1 atom stereocenters. The van der Waals surface area contributed by atoms with Crippen LogP contribution in [-0.2, 0) is 4.79 Å². The molecule has 18 heavy (non-hydrogen) atoms. The molecule has 0 fully saturated rings. The van der Waals surface area contributed by atoms with Gasteiger partial charge in [0, 0.05) is 5.92 Å². The minimum atomic E-state index is -0.940. The van der Waals surface area contributed by atoms with Crippen molar-refractivity contribution < 1.29 is 14.6 Å². The molecule has 0 aliphatic heterocycles. The summed E-state index contributed by atoms with van der Waals surface area (Å²) in [4.78, 5) is 11.1. The summed E-state index contributed by atoms with van der Waals surface area (Å²) in [6.45, 7) is 7.87. The summed E-state index contributed by atoms with van der Waals surface area (Å²) >= 11 is 3.42. The first-order valence-electron chi connectivity index (χ1n) is 6.01. The first-order valence-corrected chi connectivity index (χ1v) is 6.81. The number of carbonyl (C=O) groups is 1. The van der Waals surface area contributed by atoms with Gasteiger partial charge in [-0.25, -0.2) is 4.79 Å². The third-order valence-electron chi connectivity index (χ3n) is 2.73. The Bertz CT molecular complexity index is 427. The lowest BCUT2D eigenvalue weighted by Gasteiger charge is -2.19. The lowest BCUT2D eigenvalue weighted by molar-refractivity contribution is -0.147. The Labute approximate surface area is 116 Å². The summed E-state index contributed by atoms with van der Waals surface area (Å²) in [6, 6.07) is 5.75. The predicted octanol–water partition coefficient (Wildman–Crippen LogP) is 4.06. The molecule has 0 amide bonds. The molecule has 0 bridgehead atoms. The number of rotatable bonds is 5. The van der Waals surface area contributed by atoms with Crippen LogP contribution in [-0.4, -0.2) is 17.2 Å². The monoisotopic (exact) mass is 314 g/mol. The Kier molecular flexibility index (Phi) is 5.20. The molecule has 0 aliphatic rings. The molecule has 3 nitrogen and oxygen atoms in total. The summed E-state index contributed by atoms with van der Waals surface area (Å²) in [5.74, 6) is -0.0276. The Morgan fingerprint density at radius 1 is 1.28 bits per heavy atom. The van der Waals surface area contributed by atoms with E-state index < -0.39 is 12.1 Å². The van der Waals surface area contributed by atoms with E-state index in [0.29, 0.717) is 11.7 Å². The van der Waals surface area contributed by atoms with Crippen LogP contribution in [0.3, 0.4) is 0 Å². The highest BCUT2D eigenvalue weighted by Crippen LogP contribution is 2.30. The molecule has 0 heterocycles. The zero-order valence-corrected chi connectivity index (χ0v) is 12.7. The molecule has 0 spiro atoms. The van der Waals surface area contributed by atoms with Crippen LogP contribution in [0.25, 0.3) is 0 Å². The van der Waals surface area contributed by atoms with Gasteiger partial charge in [-0.2, -0.15) is 0 Å². The van der Waals surface area contributed by atoms with Crippen LogP contribution in [0.5, 0.6) is 5.75 Å². The molecule has 0 unspecified atom stereocenters. The van der Waals surface area contributed by atoms with Crippen LogP contribution in [0.4, 0.5) is 0 Å². The fourth-order valence-corrected chi connectivity index (χ4v) is 2.07. The molecule has 0 radical (unpaired) electrons. The predicted molar refractivity (Wildman–Crippen MR) is 75.1 cm³/mol. The van der Waals surface area contributed by atoms with Gasteiger partial charge in [-0.15, -0.1) is 0 Å². The summed E-state index contributed by atoms with van der Waals surface area (Å²) in [5.41, 5.74) is 1.19. The maximum absolute atomic E-state index is 11.1. The van der Waals surface area contributed by atoms with Crippen LogP contribution in [0.2, 0.25) is 0 Å². The van der Waals surface area contributed by atoms with E-state index in [1.807, 2.05) is 32.0 Å². The van der Waals surface area contributed by atoms with Crippen LogP contribution in [0.15, 0.2) is 22.7 Å². The molecular weight excluding hydrogens is 296 g/mol. The van der Waals surface area contributed by atoms with E-state index in [1.165, 1.54) is 5.56 Å². The van der Waals surface area contributed by atoms with Crippen molar-refractivity contribution in [3.05, 3.63) is 28.2 Å². The van der Waals surface area contributed by atoms with Gasteiger partial charge < -0.3 is 9.84 Å². The molecule has 4 heteroatoms. The van der Waals surface area contributed by atoms with Gasteiger partial charge >= 0.3 is 5.97 Å². The number of halogens is 1. The third kappa shape index (κ3) is 3.73. The maximum Gasteiger partial charge on any atom is 0.345 e. The van der Waals surface area contributed by atoms with Crippen molar-refractivity contribution in [2.45, 2.75) is 39.7 Å². The van der Waals surface area contributed by atoms with Gasteiger partial charge in [0.15, 0.2) is 6.10 Å². The van der Waals surface area contributed by atoms with Crippen LogP contribution in [0, 0.1) is 5.92 Å². The fraction of sp³-hybridized carbons (Fsp3) is 0.500. The molecule has 1 aromatic carbocycles. The average molecular weight is 315 g/mol. The summed E-state index contributed by atoms with van der Waals surface area (Å²) < 4.78 is 6.35. The Morgan fingerprint density at radius 2 is 1.89 bits per heavy atom. The van der Waals surface area contributed by atoms with Crippen molar-refractivity contribution in [1.82, 2.24) is 0 Å². The molecule has 100 valence electrons. The summed E-state index contributed by atoms with van der Waals surface area (Å²) in [7, 11) is 0. The number of benzene rings is 1.